The quantitative estimate of drug-likeness (QED) is 0.873. The standard InChI is InChI=1S/C12H19BrN6/c1-3-19-11(12(13)9(2)16-19)8-18-7-10(15-17-18)5-4-6-14/h7H,3-6,8,14H2,1-2H3. The van der Waals surface area contributed by atoms with Crippen LogP contribution in [0.3, 0.4) is 0 Å². The second-order valence-electron chi connectivity index (χ2n) is 4.46. The van der Waals surface area contributed by atoms with Gasteiger partial charge in [0.25, 0.3) is 0 Å². The first-order chi connectivity index (χ1) is 9.15. The Labute approximate surface area is 121 Å². The average molecular weight is 327 g/mol. The highest BCUT2D eigenvalue weighted by atomic mass is 79.9. The molecule has 7 heteroatoms. The zero-order chi connectivity index (χ0) is 13.8. The van der Waals surface area contributed by atoms with Crippen molar-refractivity contribution in [2.75, 3.05) is 6.54 Å². The second kappa shape index (κ2) is 6.29. The van der Waals surface area contributed by atoms with Gasteiger partial charge in [-0.05, 0) is 49.2 Å². The van der Waals surface area contributed by atoms with Crippen LogP contribution in [0.1, 0.15) is 30.4 Å². The molecule has 0 spiro atoms. The van der Waals surface area contributed by atoms with Crippen molar-refractivity contribution in [3.63, 3.8) is 0 Å². The van der Waals surface area contributed by atoms with Gasteiger partial charge in [-0.2, -0.15) is 5.10 Å². The van der Waals surface area contributed by atoms with E-state index in [9.17, 15) is 0 Å². The third-order valence-corrected chi connectivity index (χ3v) is 4.02. The Balaban J connectivity index is 2.14. The topological polar surface area (TPSA) is 74.5 Å². The number of aryl methyl sites for hydroxylation is 3. The lowest BCUT2D eigenvalue weighted by molar-refractivity contribution is 0.563. The molecule has 0 fully saturated rings. The summed E-state index contributed by atoms with van der Waals surface area (Å²) in [6, 6.07) is 0. The third-order valence-electron chi connectivity index (χ3n) is 2.99. The molecule has 2 aromatic rings. The molecule has 0 atom stereocenters. The number of nitrogens with two attached hydrogens (primary N) is 1. The van der Waals surface area contributed by atoms with E-state index in [2.05, 4.69) is 38.3 Å². The summed E-state index contributed by atoms with van der Waals surface area (Å²) in [5, 5.41) is 12.8. The number of halogens is 1. The summed E-state index contributed by atoms with van der Waals surface area (Å²) in [5.41, 5.74) is 8.60. The van der Waals surface area contributed by atoms with Crippen molar-refractivity contribution >= 4 is 15.9 Å². The van der Waals surface area contributed by atoms with E-state index in [0.717, 1.165) is 40.9 Å². The fraction of sp³-hybridized carbons (Fsp3) is 0.583. The van der Waals surface area contributed by atoms with Crippen molar-refractivity contribution in [3.05, 3.63) is 27.8 Å². The van der Waals surface area contributed by atoms with Crippen LogP contribution in [0.2, 0.25) is 0 Å². The Morgan fingerprint density at radius 2 is 2.21 bits per heavy atom. The smallest absolute Gasteiger partial charge is 0.0857 e. The lowest BCUT2D eigenvalue weighted by atomic mass is 10.2. The van der Waals surface area contributed by atoms with Crippen molar-refractivity contribution < 1.29 is 0 Å². The number of hydrogen-bond donors (Lipinski definition) is 1. The summed E-state index contributed by atoms with van der Waals surface area (Å²) in [4.78, 5) is 0. The molecule has 0 saturated carbocycles. The molecule has 2 N–H and O–H groups in total. The Morgan fingerprint density at radius 1 is 1.42 bits per heavy atom. The summed E-state index contributed by atoms with van der Waals surface area (Å²) in [6.07, 6.45) is 3.79. The van der Waals surface area contributed by atoms with Gasteiger partial charge >= 0.3 is 0 Å². The molecule has 0 aromatic carbocycles. The van der Waals surface area contributed by atoms with Gasteiger partial charge < -0.3 is 5.73 Å². The minimum Gasteiger partial charge on any atom is -0.330 e. The van der Waals surface area contributed by atoms with Crippen molar-refractivity contribution in [2.24, 2.45) is 5.73 Å². The molecule has 2 aromatic heterocycles. The predicted octanol–water partition coefficient (Wildman–Crippen LogP) is 1.51. The number of nitrogens with zero attached hydrogens (tertiary/aromatic N) is 5. The number of rotatable bonds is 6. The van der Waals surface area contributed by atoms with Gasteiger partial charge in [0.2, 0.25) is 0 Å². The first-order valence-electron chi connectivity index (χ1n) is 6.46. The van der Waals surface area contributed by atoms with Crippen LogP contribution in [0.25, 0.3) is 0 Å². The lowest BCUT2D eigenvalue weighted by Crippen LogP contribution is -2.09. The Morgan fingerprint density at radius 3 is 2.89 bits per heavy atom. The van der Waals surface area contributed by atoms with Crippen molar-refractivity contribution in [2.45, 2.75) is 39.8 Å². The predicted molar refractivity (Wildman–Crippen MR) is 76.8 cm³/mol. The maximum atomic E-state index is 5.49. The first-order valence-corrected chi connectivity index (χ1v) is 7.25. The molecule has 0 amide bonds. The molecule has 6 nitrogen and oxygen atoms in total. The molecule has 2 heterocycles. The molecule has 0 aliphatic heterocycles. The van der Waals surface area contributed by atoms with Crippen LogP contribution in [-0.4, -0.2) is 31.3 Å². The summed E-state index contributed by atoms with van der Waals surface area (Å²) in [7, 11) is 0. The Bertz CT molecular complexity index is 544. The number of hydrogen-bond acceptors (Lipinski definition) is 4. The van der Waals surface area contributed by atoms with Crippen LogP contribution in [-0.2, 0) is 19.5 Å². The van der Waals surface area contributed by atoms with Gasteiger partial charge in [-0.15, -0.1) is 5.10 Å². The van der Waals surface area contributed by atoms with Crippen LogP contribution in [0.15, 0.2) is 10.7 Å². The van der Waals surface area contributed by atoms with E-state index in [0.29, 0.717) is 13.1 Å². The van der Waals surface area contributed by atoms with Gasteiger partial charge in [-0.3, -0.25) is 4.68 Å². The van der Waals surface area contributed by atoms with E-state index in [-0.39, 0.29) is 0 Å². The Hall–Kier alpha value is -1.21. The molecule has 0 unspecified atom stereocenters. The molecule has 0 saturated heterocycles. The summed E-state index contributed by atoms with van der Waals surface area (Å²) < 4.78 is 4.88. The minimum atomic E-state index is 0.672. The maximum Gasteiger partial charge on any atom is 0.0857 e. The molecular weight excluding hydrogens is 308 g/mol. The fourth-order valence-electron chi connectivity index (χ4n) is 1.99. The molecule has 0 aliphatic rings. The van der Waals surface area contributed by atoms with Gasteiger partial charge in [-0.25, -0.2) is 4.68 Å². The third kappa shape index (κ3) is 3.22. The second-order valence-corrected chi connectivity index (χ2v) is 5.25. The first kappa shape index (κ1) is 14.2. The van der Waals surface area contributed by atoms with Crippen LogP contribution < -0.4 is 5.73 Å². The lowest BCUT2D eigenvalue weighted by Gasteiger charge is -2.04. The minimum absolute atomic E-state index is 0.672. The SMILES string of the molecule is CCn1nc(C)c(Br)c1Cn1cc(CCCN)nn1. The molecule has 0 radical (unpaired) electrons. The molecule has 19 heavy (non-hydrogen) atoms. The van der Waals surface area contributed by atoms with Gasteiger partial charge in [0.1, 0.15) is 0 Å². The van der Waals surface area contributed by atoms with Crippen LogP contribution >= 0.6 is 15.9 Å². The molecule has 104 valence electrons. The zero-order valence-electron chi connectivity index (χ0n) is 11.3. The van der Waals surface area contributed by atoms with E-state index < -0.39 is 0 Å². The van der Waals surface area contributed by atoms with E-state index in [1.165, 1.54) is 0 Å². The fourth-order valence-corrected chi connectivity index (χ4v) is 2.40. The van der Waals surface area contributed by atoms with Gasteiger partial charge in [0.15, 0.2) is 0 Å². The van der Waals surface area contributed by atoms with E-state index in [1.54, 1.807) is 0 Å². The number of aromatic nitrogens is 5. The molecule has 0 bridgehead atoms. The highest BCUT2D eigenvalue weighted by molar-refractivity contribution is 9.10. The van der Waals surface area contributed by atoms with Crippen molar-refractivity contribution in [1.29, 1.82) is 0 Å². The molecule has 2 rings (SSSR count). The Kier molecular flexibility index (Phi) is 4.71. The highest BCUT2D eigenvalue weighted by Crippen LogP contribution is 2.21. The van der Waals surface area contributed by atoms with Gasteiger partial charge in [0.05, 0.1) is 28.1 Å². The normalized spacial score (nSPS) is 11.2. The summed E-state index contributed by atoms with van der Waals surface area (Å²) in [6.45, 7) is 6.27. The van der Waals surface area contributed by atoms with Crippen molar-refractivity contribution in [3.8, 4) is 0 Å². The summed E-state index contributed by atoms with van der Waals surface area (Å²) in [5.74, 6) is 0. The zero-order valence-corrected chi connectivity index (χ0v) is 12.9. The largest absolute Gasteiger partial charge is 0.330 e. The van der Waals surface area contributed by atoms with E-state index in [4.69, 9.17) is 5.73 Å². The van der Waals surface area contributed by atoms with Crippen LogP contribution in [0, 0.1) is 6.92 Å². The van der Waals surface area contributed by atoms with Gasteiger partial charge in [0, 0.05) is 12.7 Å². The van der Waals surface area contributed by atoms with Gasteiger partial charge in [-0.1, -0.05) is 5.21 Å². The highest BCUT2D eigenvalue weighted by Gasteiger charge is 2.13. The van der Waals surface area contributed by atoms with E-state index >= 15 is 0 Å². The molecule has 0 aliphatic carbocycles. The van der Waals surface area contributed by atoms with Crippen LogP contribution in [0.5, 0.6) is 0 Å². The average Bonchev–Trinajstić information content (AvgIpc) is 2.96. The maximum absolute atomic E-state index is 5.49. The van der Waals surface area contributed by atoms with Crippen LogP contribution in [0.4, 0.5) is 0 Å². The van der Waals surface area contributed by atoms with E-state index in [1.807, 2.05) is 22.5 Å². The monoisotopic (exact) mass is 326 g/mol. The summed E-state index contributed by atoms with van der Waals surface area (Å²) >= 11 is 3.59. The molecular formula is C12H19BrN6. The van der Waals surface area contributed by atoms with Crippen molar-refractivity contribution in [1.82, 2.24) is 24.8 Å².